The van der Waals surface area contributed by atoms with Gasteiger partial charge in [0.15, 0.2) is 0 Å². The Morgan fingerprint density at radius 1 is 1.26 bits per heavy atom. The summed E-state index contributed by atoms with van der Waals surface area (Å²) in [6.45, 7) is 5.22. The van der Waals surface area contributed by atoms with Gasteiger partial charge in [0.25, 0.3) is 5.91 Å². The standard InChI is InChI=1S/C24H28FN5O3.ClH/c1-12-7-15(19(8-16(12)25)33-10-14-3-4-14)21-23-22(28-11-27-21)20(13(2)29-23)24(32)30-17-5-6-26-9-18(17)31;/h7-8,11,14,17-18,26,29,31H,3-6,9-10H2,1-2H3,(H,30,32);1H/t17-,18+;/m1./s1. The molecule has 0 spiro atoms. The van der Waals surface area contributed by atoms with Crippen LogP contribution in [0.4, 0.5) is 4.39 Å². The molecular weight excluding hydrogens is 461 g/mol. The van der Waals surface area contributed by atoms with Gasteiger partial charge in [0.05, 0.1) is 29.8 Å². The summed E-state index contributed by atoms with van der Waals surface area (Å²) in [5, 5.41) is 16.3. The van der Waals surface area contributed by atoms with Crippen LogP contribution in [0.3, 0.4) is 0 Å². The van der Waals surface area contributed by atoms with Crippen molar-refractivity contribution in [2.75, 3.05) is 19.7 Å². The first-order valence-corrected chi connectivity index (χ1v) is 11.4. The number of carbonyl (C=O) groups is 1. The van der Waals surface area contributed by atoms with E-state index in [1.807, 2.05) is 0 Å². The number of aryl methyl sites for hydroxylation is 2. The first-order valence-electron chi connectivity index (χ1n) is 11.4. The van der Waals surface area contributed by atoms with Crippen LogP contribution in [-0.2, 0) is 0 Å². The van der Waals surface area contributed by atoms with Crippen molar-refractivity contribution in [1.29, 1.82) is 0 Å². The van der Waals surface area contributed by atoms with Gasteiger partial charge in [0.2, 0.25) is 0 Å². The van der Waals surface area contributed by atoms with Gasteiger partial charge >= 0.3 is 0 Å². The number of H-pyrrole nitrogens is 1. The van der Waals surface area contributed by atoms with Gasteiger partial charge in [-0.05, 0) is 57.2 Å². The number of benzene rings is 1. The smallest absolute Gasteiger partial charge is 0.255 e. The fraction of sp³-hybridized carbons (Fsp3) is 0.458. The summed E-state index contributed by atoms with van der Waals surface area (Å²) in [5.74, 6) is 0.315. The minimum absolute atomic E-state index is 0. The van der Waals surface area contributed by atoms with Crippen LogP contribution in [0.1, 0.15) is 40.9 Å². The molecule has 2 aliphatic rings. The van der Waals surface area contributed by atoms with Crippen LogP contribution >= 0.6 is 12.4 Å². The number of nitrogens with zero attached hydrogens (tertiary/aromatic N) is 2. The van der Waals surface area contributed by atoms with Crippen LogP contribution in [0, 0.1) is 25.6 Å². The number of hydrogen-bond acceptors (Lipinski definition) is 6. The number of amides is 1. The number of nitrogens with one attached hydrogen (secondary N) is 3. The molecule has 0 bridgehead atoms. The third-order valence-corrected chi connectivity index (χ3v) is 6.45. The zero-order chi connectivity index (χ0) is 23.1. The van der Waals surface area contributed by atoms with Crippen molar-refractivity contribution < 1.29 is 19.0 Å². The fourth-order valence-corrected chi connectivity index (χ4v) is 4.31. The Hall–Kier alpha value is -2.75. The van der Waals surface area contributed by atoms with Crippen molar-refractivity contribution in [3.05, 3.63) is 41.1 Å². The van der Waals surface area contributed by atoms with Crippen LogP contribution in [-0.4, -0.2) is 57.8 Å². The molecule has 0 radical (unpaired) electrons. The van der Waals surface area contributed by atoms with Gasteiger partial charge in [-0.1, -0.05) is 0 Å². The molecule has 1 aromatic carbocycles. The van der Waals surface area contributed by atoms with Crippen molar-refractivity contribution in [1.82, 2.24) is 25.6 Å². The molecule has 2 fully saturated rings. The lowest BCUT2D eigenvalue weighted by molar-refractivity contribution is 0.0766. The minimum atomic E-state index is -0.647. The van der Waals surface area contributed by atoms with E-state index in [0.717, 1.165) is 19.4 Å². The molecule has 1 aliphatic carbocycles. The molecule has 182 valence electrons. The van der Waals surface area contributed by atoms with Crippen LogP contribution < -0.4 is 15.4 Å². The zero-order valence-corrected chi connectivity index (χ0v) is 20.0. The highest BCUT2D eigenvalue weighted by Gasteiger charge is 2.28. The number of aromatic nitrogens is 3. The van der Waals surface area contributed by atoms with Gasteiger partial charge in [-0.2, -0.15) is 0 Å². The Kier molecular flexibility index (Phi) is 7.06. The summed E-state index contributed by atoms with van der Waals surface area (Å²) in [7, 11) is 0. The van der Waals surface area contributed by atoms with E-state index in [1.54, 1.807) is 19.9 Å². The number of fused-ring (bicyclic) bond motifs is 1. The van der Waals surface area contributed by atoms with Crippen molar-refractivity contribution >= 4 is 29.3 Å². The highest BCUT2D eigenvalue weighted by molar-refractivity contribution is 6.09. The van der Waals surface area contributed by atoms with E-state index < -0.39 is 6.10 Å². The lowest BCUT2D eigenvalue weighted by Crippen LogP contribution is -2.52. The maximum absolute atomic E-state index is 14.4. The Bertz CT molecular complexity index is 1210. The molecule has 3 heterocycles. The number of aromatic amines is 1. The van der Waals surface area contributed by atoms with E-state index in [1.165, 1.54) is 12.4 Å². The molecule has 8 nitrogen and oxygen atoms in total. The van der Waals surface area contributed by atoms with Gasteiger partial charge < -0.3 is 25.5 Å². The topological polar surface area (TPSA) is 112 Å². The predicted octanol–water partition coefficient (Wildman–Crippen LogP) is 3.04. The highest BCUT2D eigenvalue weighted by atomic mass is 35.5. The number of ether oxygens (including phenoxy) is 1. The van der Waals surface area contributed by atoms with Gasteiger partial charge in [-0.3, -0.25) is 4.79 Å². The number of aliphatic hydroxyl groups is 1. The van der Waals surface area contributed by atoms with Crippen molar-refractivity contribution in [2.45, 2.75) is 45.3 Å². The maximum Gasteiger partial charge on any atom is 0.255 e. The molecule has 4 N–H and O–H groups in total. The fourth-order valence-electron chi connectivity index (χ4n) is 4.31. The summed E-state index contributed by atoms with van der Waals surface area (Å²) in [6.07, 6.45) is 3.66. The van der Waals surface area contributed by atoms with E-state index >= 15 is 0 Å². The zero-order valence-electron chi connectivity index (χ0n) is 19.2. The molecule has 5 rings (SSSR count). The SMILES string of the molecule is Cc1cc(-c2ncnc3c(C(=O)N[C@@H]4CCNC[C@@H]4O)c(C)[nH]c23)c(OCC2CC2)cc1F.Cl. The molecule has 10 heteroatoms. The number of β-amino-alcohol motifs (C(OH)–C–C–N with tert-alkyl or cyclic N) is 1. The lowest BCUT2D eigenvalue weighted by Gasteiger charge is -2.29. The number of rotatable bonds is 6. The molecule has 1 saturated carbocycles. The third kappa shape index (κ3) is 4.73. The van der Waals surface area contributed by atoms with Crippen molar-refractivity contribution in [3.63, 3.8) is 0 Å². The monoisotopic (exact) mass is 489 g/mol. The molecule has 1 amide bonds. The van der Waals surface area contributed by atoms with Crippen LogP contribution in [0.15, 0.2) is 18.5 Å². The largest absolute Gasteiger partial charge is 0.492 e. The summed E-state index contributed by atoms with van der Waals surface area (Å²) >= 11 is 0. The van der Waals surface area contributed by atoms with E-state index in [-0.39, 0.29) is 30.2 Å². The molecule has 3 aromatic rings. The molecule has 34 heavy (non-hydrogen) atoms. The third-order valence-electron chi connectivity index (χ3n) is 6.45. The van der Waals surface area contributed by atoms with Gasteiger partial charge in [-0.25, -0.2) is 14.4 Å². The first-order chi connectivity index (χ1) is 15.9. The van der Waals surface area contributed by atoms with E-state index in [4.69, 9.17) is 4.74 Å². The average Bonchev–Trinajstić information content (AvgIpc) is 3.55. The number of piperidine rings is 1. The molecule has 0 unspecified atom stereocenters. The number of halogens is 2. The second kappa shape index (κ2) is 9.85. The van der Waals surface area contributed by atoms with Crippen LogP contribution in [0.5, 0.6) is 5.75 Å². The molecule has 2 atom stereocenters. The summed E-state index contributed by atoms with van der Waals surface area (Å²) in [4.78, 5) is 25.3. The summed E-state index contributed by atoms with van der Waals surface area (Å²) in [5.41, 5.74) is 3.83. The quantitative estimate of drug-likeness (QED) is 0.423. The number of aliphatic hydroxyl groups excluding tert-OH is 1. The second-order valence-corrected chi connectivity index (χ2v) is 9.06. The normalized spacial score (nSPS) is 20.1. The van der Waals surface area contributed by atoms with Crippen LogP contribution in [0.2, 0.25) is 0 Å². The Balaban J connectivity index is 0.00000274. The number of hydrogen-bond donors (Lipinski definition) is 4. The lowest BCUT2D eigenvalue weighted by atomic mass is 10.0. The van der Waals surface area contributed by atoms with E-state index in [2.05, 4.69) is 25.6 Å². The molecule has 1 aliphatic heterocycles. The first kappa shape index (κ1) is 24.4. The van der Waals surface area contributed by atoms with Crippen molar-refractivity contribution in [2.24, 2.45) is 5.92 Å². The average molecular weight is 490 g/mol. The number of carbonyl (C=O) groups excluding carboxylic acids is 1. The van der Waals surface area contributed by atoms with E-state index in [9.17, 15) is 14.3 Å². The molecule has 2 aromatic heterocycles. The Morgan fingerprint density at radius 3 is 2.79 bits per heavy atom. The van der Waals surface area contributed by atoms with E-state index in [0.29, 0.717) is 70.4 Å². The van der Waals surface area contributed by atoms with Gasteiger partial charge in [-0.15, -0.1) is 12.4 Å². The van der Waals surface area contributed by atoms with Gasteiger partial charge in [0, 0.05) is 23.9 Å². The van der Waals surface area contributed by atoms with Crippen molar-refractivity contribution in [3.8, 4) is 17.0 Å². The molecular formula is C24H29ClFN5O3. The predicted molar refractivity (Wildman–Crippen MR) is 129 cm³/mol. The summed E-state index contributed by atoms with van der Waals surface area (Å²) < 4.78 is 20.3. The Labute approximate surface area is 203 Å². The molecule has 1 saturated heterocycles. The highest BCUT2D eigenvalue weighted by Crippen LogP contribution is 2.37. The second-order valence-electron chi connectivity index (χ2n) is 9.06. The Morgan fingerprint density at radius 2 is 2.06 bits per heavy atom. The maximum atomic E-state index is 14.4. The minimum Gasteiger partial charge on any atom is -0.492 e. The summed E-state index contributed by atoms with van der Waals surface area (Å²) in [6, 6.07) is 2.80. The van der Waals surface area contributed by atoms with Crippen LogP contribution in [0.25, 0.3) is 22.3 Å². The van der Waals surface area contributed by atoms with Gasteiger partial charge in [0.1, 0.15) is 29.1 Å².